The quantitative estimate of drug-likeness (QED) is 0.496. The molecular formula is C4H2ClN2O. The van der Waals surface area contributed by atoms with Crippen LogP contribution in [0, 0.1) is 0 Å². The minimum absolute atomic E-state index is 0.00231. The molecule has 0 saturated carbocycles. The van der Waals surface area contributed by atoms with Crippen LogP contribution in [0.25, 0.3) is 0 Å². The fourth-order valence-electron chi connectivity index (χ4n) is 0.320. The van der Waals surface area contributed by atoms with E-state index in [1.165, 1.54) is 12.3 Å². The van der Waals surface area contributed by atoms with Crippen LogP contribution in [0.2, 0.25) is 5.28 Å². The summed E-state index contributed by atoms with van der Waals surface area (Å²) in [5.41, 5.74) is 0. The normalized spacial score (nSPS) is 9.12. The summed E-state index contributed by atoms with van der Waals surface area (Å²) in [7, 11) is 0. The van der Waals surface area contributed by atoms with Crippen molar-refractivity contribution in [3.05, 3.63) is 17.5 Å². The molecule has 0 spiro atoms. The molecule has 0 N–H and O–H groups in total. The Labute approximate surface area is 51.0 Å². The lowest BCUT2D eigenvalue weighted by molar-refractivity contribution is 0.336. The topological polar surface area (TPSA) is 45.7 Å². The molecule has 1 heterocycles. The first-order valence-electron chi connectivity index (χ1n) is 1.94. The summed E-state index contributed by atoms with van der Waals surface area (Å²) >= 11 is 5.22. The molecular weight excluding hydrogens is 128 g/mol. The summed E-state index contributed by atoms with van der Waals surface area (Å²) in [6.07, 6.45) is 1.32. The van der Waals surface area contributed by atoms with E-state index in [0.29, 0.717) is 0 Å². The molecule has 8 heavy (non-hydrogen) atoms. The van der Waals surface area contributed by atoms with Gasteiger partial charge in [0.25, 0.3) is 5.88 Å². The number of halogens is 1. The third-order valence-corrected chi connectivity index (χ3v) is 0.783. The monoisotopic (exact) mass is 129 g/mol. The van der Waals surface area contributed by atoms with E-state index in [1.807, 2.05) is 0 Å². The Balaban J connectivity index is 3.08. The van der Waals surface area contributed by atoms with Gasteiger partial charge in [-0.05, 0) is 11.6 Å². The summed E-state index contributed by atoms with van der Waals surface area (Å²) in [5.74, 6) is -0.356. The molecule has 3 nitrogen and oxygen atoms in total. The first-order chi connectivity index (χ1) is 3.79. The molecule has 4 heteroatoms. The van der Waals surface area contributed by atoms with Crippen LogP contribution in [0.4, 0.5) is 0 Å². The molecule has 0 atom stereocenters. The molecule has 0 aromatic carbocycles. The Kier molecular flexibility index (Phi) is 1.30. The first kappa shape index (κ1) is 5.31. The van der Waals surface area contributed by atoms with Crippen molar-refractivity contribution in [1.29, 1.82) is 0 Å². The minimum atomic E-state index is -0.356. The number of rotatable bonds is 0. The Morgan fingerprint density at radius 2 is 2.38 bits per heavy atom. The van der Waals surface area contributed by atoms with Crippen molar-refractivity contribution in [2.45, 2.75) is 0 Å². The lowest BCUT2D eigenvalue weighted by atomic mass is 10.6. The smallest absolute Gasteiger partial charge is 0.267 e. The van der Waals surface area contributed by atoms with Crippen molar-refractivity contribution in [3.8, 4) is 5.88 Å². The SMILES string of the molecule is [O]c1ccnc(Cl)n1. The summed E-state index contributed by atoms with van der Waals surface area (Å²) in [6.45, 7) is 0. The highest BCUT2D eigenvalue weighted by atomic mass is 35.5. The average molecular weight is 130 g/mol. The maximum atomic E-state index is 10.3. The molecule has 0 aliphatic carbocycles. The van der Waals surface area contributed by atoms with E-state index in [4.69, 9.17) is 11.6 Å². The van der Waals surface area contributed by atoms with Gasteiger partial charge in [0.1, 0.15) is 0 Å². The van der Waals surface area contributed by atoms with Gasteiger partial charge >= 0.3 is 0 Å². The molecule has 0 bridgehead atoms. The summed E-state index contributed by atoms with van der Waals surface area (Å²) in [5, 5.41) is 10.3. The number of nitrogens with zero attached hydrogens (tertiary/aromatic N) is 2. The lowest BCUT2D eigenvalue weighted by Gasteiger charge is -1.83. The van der Waals surface area contributed by atoms with Crippen molar-refractivity contribution < 1.29 is 5.11 Å². The van der Waals surface area contributed by atoms with Crippen molar-refractivity contribution in [3.63, 3.8) is 0 Å². The predicted molar refractivity (Wildman–Crippen MR) is 27.2 cm³/mol. The lowest BCUT2D eigenvalue weighted by Crippen LogP contribution is -1.76. The zero-order chi connectivity index (χ0) is 5.98. The molecule has 1 rings (SSSR count). The number of aromatic nitrogens is 2. The third-order valence-electron chi connectivity index (χ3n) is 0.601. The average Bonchev–Trinajstić information content (AvgIpc) is 1.64. The fraction of sp³-hybridized carbons (Fsp3) is 0. The van der Waals surface area contributed by atoms with E-state index >= 15 is 0 Å². The highest BCUT2D eigenvalue weighted by molar-refractivity contribution is 6.28. The van der Waals surface area contributed by atoms with Gasteiger partial charge in [-0.1, -0.05) is 0 Å². The van der Waals surface area contributed by atoms with Crippen LogP contribution >= 0.6 is 11.6 Å². The zero-order valence-corrected chi connectivity index (χ0v) is 4.59. The van der Waals surface area contributed by atoms with Crippen LogP contribution in [-0.4, -0.2) is 9.97 Å². The summed E-state index contributed by atoms with van der Waals surface area (Å²) < 4.78 is 0. The second-order valence-corrected chi connectivity index (χ2v) is 1.50. The van der Waals surface area contributed by atoms with Crippen LogP contribution in [0.15, 0.2) is 12.3 Å². The second kappa shape index (κ2) is 1.96. The van der Waals surface area contributed by atoms with E-state index in [2.05, 4.69) is 9.97 Å². The predicted octanol–water partition coefficient (Wildman–Crippen LogP) is 1.27. The zero-order valence-electron chi connectivity index (χ0n) is 3.84. The maximum absolute atomic E-state index is 10.3. The highest BCUT2D eigenvalue weighted by Gasteiger charge is 1.91. The second-order valence-electron chi connectivity index (χ2n) is 1.16. The molecule has 0 fully saturated rings. The Morgan fingerprint density at radius 1 is 1.62 bits per heavy atom. The van der Waals surface area contributed by atoms with E-state index in [1.54, 1.807) is 0 Å². The van der Waals surface area contributed by atoms with Gasteiger partial charge in [-0.3, -0.25) is 5.11 Å². The van der Waals surface area contributed by atoms with Crippen molar-refractivity contribution in [2.75, 3.05) is 0 Å². The summed E-state index contributed by atoms with van der Waals surface area (Å²) in [4.78, 5) is 6.77. The van der Waals surface area contributed by atoms with Crippen LogP contribution in [-0.2, 0) is 5.11 Å². The molecule has 1 aromatic heterocycles. The Bertz CT molecular complexity index is 174. The van der Waals surface area contributed by atoms with Crippen LogP contribution < -0.4 is 0 Å². The third kappa shape index (κ3) is 1.07. The minimum Gasteiger partial charge on any atom is -0.267 e. The van der Waals surface area contributed by atoms with Crippen molar-refractivity contribution >= 4 is 11.6 Å². The van der Waals surface area contributed by atoms with Crippen LogP contribution in [0.1, 0.15) is 0 Å². The van der Waals surface area contributed by atoms with Gasteiger partial charge < -0.3 is 0 Å². The number of hydrogen-bond donors (Lipinski definition) is 0. The van der Waals surface area contributed by atoms with Crippen LogP contribution in [0.3, 0.4) is 0 Å². The van der Waals surface area contributed by atoms with Gasteiger partial charge in [0.05, 0.1) is 0 Å². The Hall–Kier alpha value is -0.830. The molecule has 0 aliphatic rings. The van der Waals surface area contributed by atoms with Gasteiger partial charge in [-0.2, -0.15) is 4.98 Å². The molecule has 0 saturated heterocycles. The fourth-order valence-corrected chi connectivity index (χ4v) is 0.459. The van der Waals surface area contributed by atoms with Crippen molar-refractivity contribution in [2.24, 2.45) is 0 Å². The van der Waals surface area contributed by atoms with Gasteiger partial charge in [0.2, 0.25) is 5.28 Å². The highest BCUT2D eigenvalue weighted by Crippen LogP contribution is 2.05. The Morgan fingerprint density at radius 3 is 2.75 bits per heavy atom. The molecule has 41 valence electrons. The molecule has 1 radical (unpaired) electrons. The van der Waals surface area contributed by atoms with Gasteiger partial charge in [0.15, 0.2) is 0 Å². The molecule has 1 aromatic rings. The van der Waals surface area contributed by atoms with E-state index in [0.717, 1.165) is 0 Å². The number of hydrogen-bond acceptors (Lipinski definition) is 2. The molecule has 0 amide bonds. The first-order valence-corrected chi connectivity index (χ1v) is 2.32. The van der Waals surface area contributed by atoms with E-state index in [-0.39, 0.29) is 11.2 Å². The van der Waals surface area contributed by atoms with E-state index in [9.17, 15) is 5.11 Å². The van der Waals surface area contributed by atoms with Gasteiger partial charge in [0, 0.05) is 12.3 Å². The molecule has 0 unspecified atom stereocenters. The van der Waals surface area contributed by atoms with E-state index < -0.39 is 0 Å². The largest absolute Gasteiger partial charge is 0.274 e. The standard InChI is InChI=1S/C4H2ClN2O/c5-4-6-2-1-3(8)7-4/h1-2H. The van der Waals surface area contributed by atoms with Crippen molar-refractivity contribution in [1.82, 2.24) is 9.97 Å². The van der Waals surface area contributed by atoms with Gasteiger partial charge in [-0.25, -0.2) is 4.98 Å². The maximum Gasteiger partial charge on any atom is 0.274 e. The summed E-state index contributed by atoms with van der Waals surface area (Å²) in [6, 6.07) is 1.24. The molecule has 0 aliphatic heterocycles. The van der Waals surface area contributed by atoms with Crippen LogP contribution in [0.5, 0.6) is 5.88 Å². The van der Waals surface area contributed by atoms with Gasteiger partial charge in [-0.15, -0.1) is 0 Å².